The predicted octanol–water partition coefficient (Wildman–Crippen LogP) is 2.64. The number of methoxy groups -OCH3 is 2. The first-order valence-corrected chi connectivity index (χ1v) is 9.52. The lowest BCUT2D eigenvalue weighted by molar-refractivity contribution is -0.142. The van der Waals surface area contributed by atoms with Crippen molar-refractivity contribution < 1.29 is 14.3 Å². The van der Waals surface area contributed by atoms with Crippen LogP contribution >= 0.6 is 0 Å². The van der Waals surface area contributed by atoms with Gasteiger partial charge in [0, 0.05) is 41.9 Å². The number of benzene rings is 1. The summed E-state index contributed by atoms with van der Waals surface area (Å²) in [5.74, 6) is 0.639. The molecule has 0 aliphatic carbocycles. The highest BCUT2D eigenvalue weighted by molar-refractivity contribution is 5.72. The topological polar surface area (TPSA) is 69.0 Å². The summed E-state index contributed by atoms with van der Waals surface area (Å²) in [5, 5.41) is 4.85. The summed E-state index contributed by atoms with van der Waals surface area (Å²) in [6, 6.07) is 10.5. The molecular weight excluding hydrogens is 356 g/mol. The van der Waals surface area contributed by atoms with Gasteiger partial charge in [-0.15, -0.1) is 0 Å². The molecule has 4 heterocycles. The fourth-order valence-corrected chi connectivity index (χ4v) is 4.55. The molecule has 2 atom stereocenters. The van der Waals surface area contributed by atoms with Crippen LogP contribution in [0.4, 0.5) is 0 Å². The first kappa shape index (κ1) is 17.2. The fourth-order valence-electron chi connectivity index (χ4n) is 4.55. The fraction of sp³-hybridized carbons (Fsp3) is 0.381. The van der Waals surface area contributed by atoms with Crippen LogP contribution in [0.25, 0.3) is 16.9 Å². The molecule has 7 heteroatoms. The van der Waals surface area contributed by atoms with Crippen molar-refractivity contribution >= 4 is 11.6 Å². The largest absolute Gasteiger partial charge is 0.497 e. The quantitative estimate of drug-likeness (QED) is 0.650. The standard InChI is InChI=1S/C21H22N4O3/c1-27-15-6-3-13(4-7-15)17-10-20-22-11-16-18-8-5-14(9-19(16)25(20)23-17)24(18)12-21(26)28-2/h3-4,6-7,10-11,14,18H,5,8-9,12H2,1-2H3/t14-,18-/m1/s1. The maximum Gasteiger partial charge on any atom is 0.319 e. The van der Waals surface area contributed by atoms with Crippen LogP contribution in [0.1, 0.15) is 30.1 Å². The summed E-state index contributed by atoms with van der Waals surface area (Å²) in [6.07, 6.45) is 4.94. The second kappa shape index (κ2) is 6.60. The lowest BCUT2D eigenvalue weighted by atomic mass is 9.99. The Kier molecular flexibility index (Phi) is 4.05. The van der Waals surface area contributed by atoms with E-state index in [-0.39, 0.29) is 12.0 Å². The van der Waals surface area contributed by atoms with Crippen molar-refractivity contribution in [3.05, 3.63) is 47.8 Å². The van der Waals surface area contributed by atoms with E-state index in [1.165, 1.54) is 18.4 Å². The summed E-state index contributed by atoms with van der Waals surface area (Å²) in [4.78, 5) is 18.7. The number of hydrogen-bond donors (Lipinski definition) is 0. The van der Waals surface area contributed by atoms with Crippen molar-refractivity contribution in [3.8, 4) is 17.0 Å². The number of esters is 1. The molecule has 0 saturated carbocycles. The van der Waals surface area contributed by atoms with Crippen molar-refractivity contribution in [3.63, 3.8) is 0 Å². The van der Waals surface area contributed by atoms with Crippen LogP contribution in [-0.2, 0) is 16.0 Å². The molecule has 5 rings (SSSR count). The number of hydrogen-bond acceptors (Lipinski definition) is 6. The van der Waals surface area contributed by atoms with Gasteiger partial charge >= 0.3 is 5.97 Å². The van der Waals surface area contributed by atoms with Gasteiger partial charge in [-0.05, 0) is 37.1 Å². The Morgan fingerprint density at radius 2 is 2.04 bits per heavy atom. The molecular formula is C21H22N4O3. The van der Waals surface area contributed by atoms with Gasteiger partial charge in [0.1, 0.15) is 5.75 Å². The van der Waals surface area contributed by atoms with Crippen LogP contribution < -0.4 is 4.74 Å². The smallest absolute Gasteiger partial charge is 0.319 e. The SMILES string of the molecule is COC(=O)CN1[C@@H]2CC[C@@H]1c1cnc3cc(-c4ccc(OC)cc4)nn3c1C2. The molecule has 2 bridgehead atoms. The third-order valence-electron chi connectivity index (χ3n) is 5.97. The van der Waals surface area contributed by atoms with Gasteiger partial charge in [-0.25, -0.2) is 9.50 Å². The summed E-state index contributed by atoms with van der Waals surface area (Å²) >= 11 is 0. The Labute approximate surface area is 162 Å². The normalized spacial score (nSPS) is 20.9. The zero-order chi connectivity index (χ0) is 19.3. The van der Waals surface area contributed by atoms with Gasteiger partial charge in [-0.1, -0.05) is 0 Å². The number of ether oxygens (including phenoxy) is 2. The van der Waals surface area contributed by atoms with E-state index >= 15 is 0 Å². The van der Waals surface area contributed by atoms with E-state index in [1.807, 2.05) is 41.0 Å². The number of aromatic nitrogens is 3. The molecule has 0 radical (unpaired) electrons. The second-order valence-electron chi connectivity index (χ2n) is 7.39. The Balaban J connectivity index is 1.53. The summed E-state index contributed by atoms with van der Waals surface area (Å²) in [6.45, 7) is 0.333. The van der Waals surface area contributed by atoms with Crippen LogP contribution in [0, 0.1) is 0 Å². The van der Waals surface area contributed by atoms with E-state index in [2.05, 4.69) is 9.88 Å². The molecule has 0 spiro atoms. The highest BCUT2D eigenvalue weighted by Crippen LogP contribution is 2.43. The molecule has 0 unspecified atom stereocenters. The molecule has 0 amide bonds. The molecule has 2 aromatic heterocycles. The molecule has 3 aromatic rings. The Hall–Kier alpha value is -2.93. The minimum atomic E-state index is -0.185. The van der Waals surface area contributed by atoms with Gasteiger partial charge in [0.05, 0.1) is 32.2 Å². The molecule has 0 N–H and O–H groups in total. The van der Waals surface area contributed by atoms with Crippen molar-refractivity contribution in [2.45, 2.75) is 31.3 Å². The van der Waals surface area contributed by atoms with Crippen LogP contribution in [-0.4, -0.2) is 52.3 Å². The predicted molar refractivity (Wildman–Crippen MR) is 103 cm³/mol. The summed E-state index contributed by atoms with van der Waals surface area (Å²) in [7, 11) is 3.10. The molecule has 1 aromatic carbocycles. The third kappa shape index (κ3) is 2.65. The summed E-state index contributed by atoms with van der Waals surface area (Å²) in [5.41, 5.74) is 5.16. The van der Waals surface area contributed by atoms with Crippen LogP contribution in [0.3, 0.4) is 0 Å². The maximum absolute atomic E-state index is 11.8. The number of rotatable bonds is 4. The van der Waals surface area contributed by atoms with E-state index in [0.717, 1.165) is 41.9 Å². The molecule has 28 heavy (non-hydrogen) atoms. The third-order valence-corrected chi connectivity index (χ3v) is 5.97. The zero-order valence-electron chi connectivity index (χ0n) is 16.0. The van der Waals surface area contributed by atoms with Gasteiger partial charge in [-0.2, -0.15) is 5.10 Å². The molecule has 2 aliphatic heterocycles. The minimum Gasteiger partial charge on any atom is -0.497 e. The first-order valence-electron chi connectivity index (χ1n) is 9.52. The molecule has 1 fully saturated rings. The van der Waals surface area contributed by atoms with Crippen molar-refractivity contribution in [1.29, 1.82) is 0 Å². The van der Waals surface area contributed by atoms with Crippen LogP contribution in [0.15, 0.2) is 36.5 Å². The monoisotopic (exact) mass is 378 g/mol. The molecule has 144 valence electrons. The van der Waals surface area contributed by atoms with Gasteiger partial charge in [-0.3, -0.25) is 9.69 Å². The van der Waals surface area contributed by atoms with E-state index in [4.69, 9.17) is 14.6 Å². The van der Waals surface area contributed by atoms with E-state index in [0.29, 0.717) is 12.6 Å². The van der Waals surface area contributed by atoms with Gasteiger partial charge in [0.25, 0.3) is 0 Å². The van der Waals surface area contributed by atoms with E-state index in [9.17, 15) is 4.79 Å². The Morgan fingerprint density at radius 3 is 2.79 bits per heavy atom. The molecule has 1 saturated heterocycles. The van der Waals surface area contributed by atoms with Gasteiger partial charge < -0.3 is 9.47 Å². The molecule has 7 nitrogen and oxygen atoms in total. The highest BCUT2D eigenvalue weighted by atomic mass is 16.5. The van der Waals surface area contributed by atoms with Gasteiger partial charge in [0.2, 0.25) is 0 Å². The highest BCUT2D eigenvalue weighted by Gasteiger charge is 2.42. The minimum absolute atomic E-state index is 0.185. The number of fused-ring (bicyclic) bond motifs is 6. The van der Waals surface area contributed by atoms with Crippen molar-refractivity contribution in [2.24, 2.45) is 0 Å². The average molecular weight is 378 g/mol. The lowest BCUT2D eigenvalue weighted by Crippen LogP contribution is -2.41. The average Bonchev–Trinajstić information content (AvgIpc) is 3.28. The second-order valence-corrected chi connectivity index (χ2v) is 7.39. The number of carbonyl (C=O) groups excluding carboxylic acids is 1. The summed E-state index contributed by atoms with van der Waals surface area (Å²) < 4.78 is 12.1. The van der Waals surface area contributed by atoms with E-state index in [1.54, 1.807) is 7.11 Å². The van der Waals surface area contributed by atoms with Crippen LogP contribution in [0.2, 0.25) is 0 Å². The number of nitrogens with zero attached hydrogens (tertiary/aromatic N) is 4. The van der Waals surface area contributed by atoms with Crippen LogP contribution in [0.5, 0.6) is 5.75 Å². The van der Waals surface area contributed by atoms with Crippen molar-refractivity contribution in [2.75, 3.05) is 20.8 Å². The Bertz CT molecular complexity index is 1040. The van der Waals surface area contributed by atoms with E-state index < -0.39 is 0 Å². The van der Waals surface area contributed by atoms with Crippen molar-refractivity contribution in [1.82, 2.24) is 19.5 Å². The van der Waals surface area contributed by atoms with Gasteiger partial charge in [0.15, 0.2) is 5.65 Å². The number of carbonyl (C=O) groups is 1. The maximum atomic E-state index is 11.8. The zero-order valence-corrected chi connectivity index (χ0v) is 16.0. The molecule has 2 aliphatic rings. The first-order chi connectivity index (χ1) is 13.7. The lowest BCUT2D eigenvalue weighted by Gasteiger charge is -2.35. The Morgan fingerprint density at radius 1 is 1.21 bits per heavy atom.